The number of ether oxygens (including phenoxy) is 1. The first-order valence-corrected chi connectivity index (χ1v) is 10.4. The number of aromatic nitrogens is 4. The van der Waals surface area contributed by atoms with Gasteiger partial charge in [-0.25, -0.2) is 9.97 Å². The smallest absolute Gasteiger partial charge is 0.257 e. The monoisotopic (exact) mass is 410 g/mol. The summed E-state index contributed by atoms with van der Waals surface area (Å²) in [6.07, 6.45) is 5.49. The molecule has 8 nitrogen and oxygen atoms in total. The lowest BCUT2D eigenvalue weighted by Crippen LogP contribution is -2.28. The Morgan fingerprint density at radius 3 is 2.76 bits per heavy atom. The van der Waals surface area contributed by atoms with Crippen LogP contribution in [0.3, 0.4) is 0 Å². The Balaban J connectivity index is 1.50. The molecule has 9 heteroatoms. The van der Waals surface area contributed by atoms with E-state index >= 15 is 0 Å². The molecule has 0 unspecified atom stereocenters. The fourth-order valence-corrected chi connectivity index (χ4v) is 3.68. The fraction of sp³-hybridized carbons (Fsp3) is 0.350. The van der Waals surface area contributed by atoms with E-state index in [1.54, 1.807) is 24.5 Å². The van der Waals surface area contributed by atoms with Crippen molar-refractivity contribution in [3.63, 3.8) is 0 Å². The molecule has 1 N–H and O–H groups in total. The molecule has 4 rings (SSSR count). The first kappa shape index (κ1) is 19.3. The van der Waals surface area contributed by atoms with Crippen LogP contribution in [0, 0.1) is 0 Å². The highest BCUT2D eigenvalue weighted by Gasteiger charge is 2.23. The summed E-state index contributed by atoms with van der Waals surface area (Å²) < 4.78 is 9.98. The molecular formula is C20H22N6O2S. The molecule has 3 aromatic rings. The third-order valence-corrected chi connectivity index (χ3v) is 5.05. The van der Waals surface area contributed by atoms with Crippen LogP contribution >= 0.6 is 11.5 Å². The van der Waals surface area contributed by atoms with Crippen LogP contribution in [0.4, 0.5) is 10.9 Å². The van der Waals surface area contributed by atoms with Gasteiger partial charge in [-0.15, -0.1) is 0 Å². The van der Waals surface area contributed by atoms with E-state index in [-0.39, 0.29) is 12.0 Å². The number of hydrogen-bond acceptors (Lipinski definition) is 8. The van der Waals surface area contributed by atoms with Gasteiger partial charge in [-0.3, -0.25) is 4.79 Å². The Hall–Kier alpha value is -3.07. The largest absolute Gasteiger partial charge is 0.489 e. The van der Waals surface area contributed by atoms with E-state index in [1.165, 1.54) is 11.5 Å². The van der Waals surface area contributed by atoms with Crippen LogP contribution < -0.4 is 10.1 Å². The molecular weight excluding hydrogens is 388 g/mol. The Kier molecular flexibility index (Phi) is 5.66. The molecule has 0 aromatic carbocycles. The maximum atomic E-state index is 12.8. The van der Waals surface area contributed by atoms with Crippen LogP contribution in [0.1, 0.15) is 37.0 Å². The zero-order chi connectivity index (χ0) is 20.2. The maximum absolute atomic E-state index is 12.8. The number of carbonyl (C=O) groups excluding carboxylic acids is 1. The number of nitrogens with one attached hydrogen (secondary N) is 1. The van der Waals surface area contributed by atoms with Crippen LogP contribution in [0.15, 0.2) is 36.7 Å². The topological polar surface area (TPSA) is 93.1 Å². The Bertz CT molecular complexity index is 983. The van der Waals surface area contributed by atoms with Crippen molar-refractivity contribution in [1.29, 1.82) is 0 Å². The van der Waals surface area contributed by atoms with Crippen LogP contribution in [-0.4, -0.2) is 49.3 Å². The minimum atomic E-state index is -0.00903. The van der Waals surface area contributed by atoms with Crippen LogP contribution in [0.2, 0.25) is 0 Å². The summed E-state index contributed by atoms with van der Waals surface area (Å²) in [4.78, 5) is 27.8. The fourth-order valence-electron chi connectivity index (χ4n) is 3.10. The van der Waals surface area contributed by atoms with Gasteiger partial charge in [0, 0.05) is 30.8 Å². The van der Waals surface area contributed by atoms with Gasteiger partial charge in [0.15, 0.2) is 5.82 Å². The lowest BCUT2D eigenvalue weighted by Gasteiger charge is -2.16. The molecule has 3 aromatic heterocycles. The second-order valence-electron chi connectivity index (χ2n) is 6.99. The molecule has 0 bridgehead atoms. The minimum Gasteiger partial charge on any atom is -0.489 e. The lowest BCUT2D eigenvalue weighted by atomic mass is 10.2. The van der Waals surface area contributed by atoms with E-state index in [0.29, 0.717) is 33.8 Å². The molecule has 1 saturated heterocycles. The highest BCUT2D eigenvalue weighted by Crippen LogP contribution is 2.26. The number of amides is 1. The number of carbonyl (C=O) groups is 1. The quantitative estimate of drug-likeness (QED) is 0.661. The van der Waals surface area contributed by atoms with Crippen LogP contribution in [-0.2, 0) is 0 Å². The molecule has 4 heterocycles. The average Bonchev–Trinajstić information content (AvgIpc) is 3.40. The van der Waals surface area contributed by atoms with Gasteiger partial charge in [0.2, 0.25) is 5.13 Å². The molecule has 1 amide bonds. The highest BCUT2D eigenvalue weighted by atomic mass is 32.1. The number of anilines is 2. The second kappa shape index (κ2) is 8.52. The molecule has 0 saturated carbocycles. The van der Waals surface area contributed by atoms with Crippen molar-refractivity contribution in [1.82, 2.24) is 24.2 Å². The van der Waals surface area contributed by atoms with E-state index in [2.05, 4.69) is 24.6 Å². The summed E-state index contributed by atoms with van der Waals surface area (Å²) in [7, 11) is 0. The van der Waals surface area contributed by atoms with Gasteiger partial charge in [-0.1, -0.05) is 0 Å². The third-order valence-electron chi connectivity index (χ3n) is 4.42. The number of pyridine rings is 2. The molecule has 29 heavy (non-hydrogen) atoms. The minimum absolute atomic E-state index is 0.00903. The lowest BCUT2D eigenvalue weighted by molar-refractivity contribution is 0.0793. The summed E-state index contributed by atoms with van der Waals surface area (Å²) in [6, 6.07) is 7.23. The predicted molar refractivity (Wildman–Crippen MR) is 112 cm³/mol. The van der Waals surface area contributed by atoms with E-state index in [9.17, 15) is 4.79 Å². The van der Waals surface area contributed by atoms with Crippen molar-refractivity contribution in [3.8, 4) is 17.3 Å². The van der Waals surface area contributed by atoms with Crippen LogP contribution in [0.5, 0.6) is 5.75 Å². The van der Waals surface area contributed by atoms with Gasteiger partial charge < -0.3 is 15.0 Å². The molecule has 0 radical (unpaired) electrons. The third kappa shape index (κ3) is 4.51. The van der Waals surface area contributed by atoms with Crippen LogP contribution in [0.25, 0.3) is 11.5 Å². The molecule has 150 valence electrons. The summed E-state index contributed by atoms with van der Waals surface area (Å²) in [5.41, 5.74) is 1.19. The SMILES string of the molecule is CC(C)Oc1ccc(-c2nsc(Nc3ncccc3C(=O)N3CCCC3)n2)nc1. The van der Waals surface area contributed by atoms with Gasteiger partial charge in [0.05, 0.1) is 17.9 Å². The predicted octanol–water partition coefficient (Wildman–Crippen LogP) is 3.76. The summed E-state index contributed by atoms with van der Waals surface area (Å²) in [6.45, 7) is 5.51. The zero-order valence-electron chi connectivity index (χ0n) is 16.3. The first-order valence-electron chi connectivity index (χ1n) is 9.58. The Labute approximate surface area is 173 Å². The van der Waals surface area contributed by atoms with Crippen molar-refractivity contribution in [2.75, 3.05) is 18.4 Å². The van der Waals surface area contributed by atoms with Gasteiger partial charge in [0.1, 0.15) is 17.3 Å². The Morgan fingerprint density at radius 2 is 2.03 bits per heavy atom. The zero-order valence-corrected chi connectivity index (χ0v) is 17.1. The molecule has 0 spiro atoms. The molecule has 1 aliphatic heterocycles. The number of likely N-dealkylation sites (tertiary alicyclic amines) is 1. The van der Waals surface area contributed by atoms with E-state index in [1.807, 2.05) is 30.9 Å². The van der Waals surface area contributed by atoms with Gasteiger partial charge in [-0.2, -0.15) is 9.36 Å². The molecule has 1 aliphatic rings. The summed E-state index contributed by atoms with van der Waals surface area (Å²) in [5, 5.41) is 3.69. The molecule has 0 aliphatic carbocycles. The average molecular weight is 411 g/mol. The normalized spacial score (nSPS) is 13.7. The number of rotatable bonds is 6. The number of hydrogen-bond donors (Lipinski definition) is 1. The maximum Gasteiger partial charge on any atom is 0.257 e. The summed E-state index contributed by atoms with van der Waals surface area (Å²) >= 11 is 1.20. The van der Waals surface area contributed by atoms with E-state index in [0.717, 1.165) is 25.9 Å². The van der Waals surface area contributed by atoms with Gasteiger partial charge >= 0.3 is 0 Å². The van der Waals surface area contributed by atoms with Crippen molar-refractivity contribution >= 4 is 28.4 Å². The van der Waals surface area contributed by atoms with Gasteiger partial charge in [-0.05, 0) is 51.0 Å². The van der Waals surface area contributed by atoms with Crippen molar-refractivity contribution in [2.24, 2.45) is 0 Å². The standard InChI is InChI=1S/C20H22N6O2S/c1-13(2)28-14-7-8-16(22-12-14)18-24-20(29-25-18)23-17-15(6-5-9-21-17)19(27)26-10-3-4-11-26/h5-9,12-13H,3-4,10-11H2,1-2H3,(H,21,23,24,25). The van der Waals surface area contributed by atoms with Crippen molar-refractivity contribution in [3.05, 3.63) is 42.2 Å². The second-order valence-corrected chi connectivity index (χ2v) is 7.74. The van der Waals surface area contributed by atoms with Crippen molar-refractivity contribution in [2.45, 2.75) is 32.8 Å². The Morgan fingerprint density at radius 1 is 1.21 bits per heavy atom. The van der Waals surface area contributed by atoms with Crippen molar-refractivity contribution < 1.29 is 9.53 Å². The van der Waals surface area contributed by atoms with E-state index in [4.69, 9.17) is 4.74 Å². The summed E-state index contributed by atoms with van der Waals surface area (Å²) in [5.74, 6) is 1.69. The first-order chi connectivity index (χ1) is 14.1. The number of nitrogens with zero attached hydrogens (tertiary/aromatic N) is 5. The van der Waals surface area contributed by atoms with E-state index < -0.39 is 0 Å². The van der Waals surface area contributed by atoms with Gasteiger partial charge in [0.25, 0.3) is 5.91 Å². The highest BCUT2D eigenvalue weighted by molar-refractivity contribution is 7.09. The molecule has 0 atom stereocenters. The molecule has 1 fully saturated rings.